The minimum atomic E-state index is 0.0524. The predicted octanol–water partition coefficient (Wildman–Crippen LogP) is 0.979. The molecule has 0 aromatic heterocycles. The summed E-state index contributed by atoms with van der Waals surface area (Å²) in [5.74, 6) is 0. The van der Waals surface area contributed by atoms with E-state index in [0.717, 1.165) is 5.69 Å². The first kappa shape index (κ1) is 11.5. The first-order chi connectivity index (χ1) is 7.36. The van der Waals surface area contributed by atoms with Crippen molar-refractivity contribution in [3.05, 3.63) is 29.8 Å². The van der Waals surface area contributed by atoms with E-state index < -0.39 is 0 Å². The van der Waals surface area contributed by atoms with Gasteiger partial charge in [-0.05, 0) is 24.3 Å². The van der Waals surface area contributed by atoms with Gasteiger partial charge in [-0.2, -0.15) is 5.26 Å². The minimum absolute atomic E-state index is 0.0524. The van der Waals surface area contributed by atoms with E-state index >= 15 is 0 Å². The Kier molecular flexibility index (Phi) is 5.23. The number of ether oxygens (including phenoxy) is 1. The molecule has 4 nitrogen and oxygen atoms in total. The second-order valence-corrected chi connectivity index (χ2v) is 2.95. The molecule has 0 spiro atoms. The normalized spacial score (nSPS) is 9.60. The molecule has 0 aliphatic carbocycles. The van der Waals surface area contributed by atoms with E-state index in [9.17, 15) is 0 Å². The fraction of sp³-hybridized carbons (Fsp3) is 0.364. The van der Waals surface area contributed by atoms with E-state index in [4.69, 9.17) is 15.1 Å². The van der Waals surface area contributed by atoms with Crippen LogP contribution < -0.4 is 5.32 Å². The zero-order valence-electron chi connectivity index (χ0n) is 8.44. The Hall–Kier alpha value is -1.57. The third-order valence-corrected chi connectivity index (χ3v) is 1.83. The maximum Gasteiger partial charge on any atom is 0.0991 e. The highest BCUT2D eigenvalue weighted by Gasteiger charge is 1.92. The van der Waals surface area contributed by atoms with E-state index in [1.54, 1.807) is 12.1 Å². The van der Waals surface area contributed by atoms with Crippen LogP contribution in [0, 0.1) is 11.3 Å². The molecule has 0 unspecified atom stereocenters. The third kappa shape index (κ3) is 4.45. The van der Waals surface area contributed by atoms with Gasteiger partial charge in [-0.25, -0.2) is 0 Å². The highest BCUT2D eigenvalue weighted by atomic mass is 16.5. The molecule has 4 heteroatoms. The molecule has 0 heterocycles. The summed E-state index contributed by atoms with van der Waals surface area (Å²) in [6.45, 7) is 1.67. The van der Waals surface area contributed by atoms with Crippen LogP contribution in [-0.2, 0) is 4.74 Å². The molecule has 0 saturated heterocycles. The molecule has 15 heavy (non-hydrogen) atoms. The van der Waals surface area contributed by atoms with Gasteiger partial charge in [0.25, 0.3) is 0 Å². The zero-order chi connectivity index (χ0) is 10.9. The van der Waals surface area contributed by atoms with E-state index in [0.29, 0.717) is 25.3 Å². The molecule has 0 saturated carbocycles. The second kappa shape index (κ2) is 6.82. The summed E-state index contributed by atoms with van der Waals surface area (Å²) in [7, 11) is 0. The summed E-state index contributed by atoms with van der Waals surface area (Å²) in [5, 5.41) is 20.2. The van der Waals surface area contributed by atoms with Gasteiger partial charge in [0.05, 0.1) is 31.5 Å². The first-order valence-electron chi connectivity index (χ1n) is 4.79. The molecule has 0 bridgehead atoms. The lowest BCUT2D eigenvalue weighted by atomic mass is 10.2. The van der Waals surface area contributed by atoms with Crippen LogP contribution in [0.15, 0.2) is 24.3 Å². The second-order valence-electron chi connectivity index (χ2n) is 2.95. The average molecular weight is 206 g/mol. The van der Waals surface area contributed by atoms with Crippen molar-refractivity contribution in [3.8, 4) is 6.07 Å². The number of nitrogens with zero attached hydrogens (tertiary/aromatic N) is 1. The molecular formula is C11H14N2O2. The number of benzene rings is 1. The van der Waals surface area contributed by atoms with E-state index in [2.05, 4.69) is 11.4 Å². The van der Waals surface area contributed by atoms with E-state index in [-0.39, 0.29) is 6.61 Å². The highest BCUT2D eigenvalue weighted by Crippen LogP contribution is 2.07. The van der Waals surface area contributed by atoms with Crippen LogP contribution >= 0.6 is 0 Å². The van der Waals surface area contributed by atoms with Crippen molar-refractivity contribution in [2.24, 2.45) is 0 Å². The van der Waals surface area contributed by atoms with Crippen LogP contribution in [-0.4, -0.2) is 31.5 Å². The molecule has 80 valence electrons. The molecule has 2 N–H and O–H groups in total. The summed E-state index contributed by atoms with van der Waals surface area (Å²) in [6, 6.07) is 9.28. The molecule has 0 aliphatic rings. The van der Waals surface area contributed by atoms with Gasteiger partial charge < -0.3 is 15.2 Å². The van der Waals surface area contributed by atoms with Crippen molar-refractivity contribution in [2.75, 3.05) is 31.7 Å². The van der Waals surface area contributed by atoms with Gasteiger partial charge in [-0.3, -0.25) is 0 Å². The van der Waals surface area contributed by atoms with Crippen LogP contribution in [0.1, 0.15) is 5.56 Å². The molecule has 1 aromatic rings. The van der Waals surface area contributed by atoms with Crippen molar-refractivity contribution in [2.45, 2.75) is 0 Å². The van der Waals surface area contributed by atoms with Gasteiger partial charge in [-0.1, -0.05) is 0 Å². The Bertz CT molecular complexity index is 316. The molecular weight excluding hydrogens is 192 g/mol. The van der Waals surface area contributed by atoms with Crippen molar-refractivity contribution < 1.29 is 9.84 Å². The monoisotopic (exact) mass is 206 g/mol. The highest BCUT2D eigenvalue weighted by molar-refractivity contribution is 5.46. The fourth-order valence-electron chi connectivity index (χ4n) is 1.10. The summed E-state index contributed by atoms with van der Waals surface area (Å²) < 4.78 is 5.08. The molecule has 0 amide bonds. The van der Waals surface area contributed by atoms with Crippen LogP contribution in [0.3, 0.4) is 0 Å². The van der Waals surface area contributed by atoms with Crippen molar-refractivity contribution in [1.29, 1.82) is 5.26 Å². The summed E-state index contributed by atoms with van der Waals surface area (Å²) in [5.41, 5.74) is 1.61. The summed E-state index contributed by atoms with van der Waals surface area (Å²) >= 11 is 0. The Morgan fingerprint density at radius 1 is 1.27 bits per heavy atom. The number of nitriles is 1. The lowest BCUT2D eigenvalue weighted by Crippen LogP contribution is -2.11. The SMILES string of the molecule is N#Cc1ccc(NCCOCCO)cc1. The topological polar surface area (TPSA) is 65.3 Å². The van der Waals surface area contributed by atoms with Crippen molar-refractivity contribution in [3.63, 3.8) is 0 Å². The number of nitrogens with one attached hydrogen (secondary N) is 1. The number of rotatable bonds is 6. The molecule has 0 aliphatic heterocycles. The van der Waals surface area contributed by atoms with Gasteiger partial charge in [-0.15, -0.1) is 0 Å². The Labute approximate surface area is 89.1 Å². The largest absolute Gasteiger partial charge is 0.394 e. The molecule has 0 atom stereocenters. The lowest BCUT2D eigenvalue weighted by Gasteiger charge is -2.06. The van der Waals surface area contributed by atoms with Crippen LogP contribution in [0.4, 0.5) is 5.69 Å². The number of anilines is 1. The van der Waals surface area contributed by atoms with Crippen molar-refractivity contribution >= 4 is 5.69 Å². The molecule has 1 aromatic carbocycles. The Morgan fingerprint density at radius 3 is 2.60 bits per heavy atom. The number of aliphatic hydroxyl groups is 1. The van der Waals surface area contributed by atoms with Gasteiger partial charge in [0.15, 0.2) is 0 Å². The summed E-state index contributed by atoms with van der Waals surface area (Å²) in [6.07, 6.45) is 0. The average Bonchev–Trinajstić information content (AvgIpc) is 2.30. The van der Waals surface area contributed by atoms with Crippen LogP contribution in [0.25, 0.3) is 0 Å². The molecule has 1 rings (SSSR count). The van der Waals surface area contributed by atoms with Gasteiger partial charge in [0.2, 0.25) is 0 Å². The fourth-order valence-corrected chi connectivity index (χ4v) is 1.10. The minimum Gasteiger partial charge on any atom is -0.394 e. The Morgan fingerprint density at radius 2 is 2.00 bits per heavy atom. The maximum absolute atomic E-state index is 8.59. The smallest absolute Gasteiger partial charge is 0.0991 e. The summed E-state index contributed by atoms with van der Waals surface area (Å²) in [4.78, 5) is 0. The predicted molar refractivity (Wildman–Crippen MR) is 57.6 cm³/mol. The molecule has 0 fully saturated rings. The van der Waals surface area contributed by atoms with E-state index in [1.165, 1.54) is 0 Å². The molecule has 0 radical (unpaired) electrons. The van der Waals surface area contributed by atoms with Crippen molar-refractivity contribution in [1.82, 2.24) is 0 Å². The zero-order valence-corrected chi connectivity index (χ0v) is 8.44. The van der Waals surface area contributed by atoms with Gasteiger partial charge >= 0.3 is 0 Å². The van der Waals surface area contributed by atoms with Crippen LogP contribution in [0.2, 0.25) is 0 Å². The van der Waals surface area contributed by atoms with Crippen LogP contribution in [0.5, 0.6) is 0 Å². The number of hydrogen-bond acceptors (Lipinski definition) is 4. The maximum atomic E-state index is 8.59. The lowest BCUT2D eigenvalue weighted by molar-refractivity contribution is 0.0992. The Balaban J connectivity index is 2.23. The quantitative estimate of drug-likeness (QED) is 0.681. The van der Waals surface area contributed by atoms with Gasteiger partial charge in [0.1, 0.15) is 0 Å². The standard InChI is InChI=1S/C11H14N2O2/c12-9-10-1-3-11(4-2-10)13-5-7-15-8-6-14/h1-4,13-14H,5-8H2. The number of aliphatic hydroxyl groups excluding tert-OH is 1. The number of hydrogen-bond donors (Lipinski definition) is 2. The van der Waals surface area contributed by atoms with E-state index in [1.807, 2.05) is 12.1 Å². The van der Waals surface area contributed by atoms with Gasteiger partial charge in [0, 0.05) is 12.2 Å². The first-order valence-corrected chi connectivity index (χ1v) is 4.79. The third-order valence-electron chi connectivity index (χ3n) is 1.83.